The number of rotatable bonds is 6. The predicted molar refractivity (Wildman–Crippen MR) is 87.0 cm³/mol. The van der Waals surface area contributed by atoms with Crippen molar-refractivity contribution in [3.8, 4) is 0 Å². The number of nitrogens with zero attached hydrogens (tertiary/aromatic N) is 1. The van der Waals surface area contributed by atoms with Gasteiger partial charge in [0.2, 0.25) is 15.9 Å². The van der Waals surface area contributed by atoms with Gasteiger partial charge in [0, 0.05) is 26.1 Å². The lowest BCUT2D eigenvalue weighted by molar-refractivity contribution is -0.130. The van der Waals surface area contributed by atoms with Crippen LogP contribution in [0.4, 0.5) is 4.39 Å². The smallest absolute Gasteiger partial charge is 0.223 e. The zero-order chi connectivity index (χ0) is 17.0. The van der Waals surface area contributed by atoms with Crippen LogP contribution in [0, 0.1) is 18.7 Å². The second kappa shape index (κ2) is 7.40. The molecule has 1 saturated heterocycles. The Morgan fingerprint density at radius 2 is 2.17 bits per heavy atom. The van der Waals surface area contributed by atoms with E-state index in [0.29, 0.717) is 24.6 Å². The molecule has 0 spiro atoms. The summed E-state index contributed by atoms with van der Waals surface area (Å²) in [7, 11) is -3.26. The molecule has 2 rings (SSSR count). The number of sulfonamides is 1. The van der Waals surface area contributed by atoms with Gasteiger partial charge in [0.25, 0.3) is 0 Å². The van der Waals surface area contributed by atoms with Crippen molar-refractivity contribution in [1.82, 2.24) is 9.62 Å². The average molecular weight is 342 g/mol. The second-order valence-electron chi connectivity index (χ2n) is 6.20. The molecule has 0 aliphatic carbocycles. The number of carbonyl (C=O) groups excluding carboxylic acids is 1. The maximum absolute atomic E-state index is 13.6. The van der Waals surface area contributed by atoms with E-state index in [1.165, 1.54) is 0 Å². The van der Waals surface area contributed by atoms with Gasteiger partial charge in [-0.1, -0.05) is 12.1 Å². The van der Waals surface area contributed by atoms with Crippen LogP contribution in [-0.4, -0.2) is 45.1 Å². The van der Waals surface area contributed by atoms with Gasteiger partial charge in [0.05, 0.1) is 6.26 Å². The molecule has 1 aliphatic heterocycles. The highest BCUT2D eigenvalue weighted by Gasteiger charge is 2.26. The maximum atomic E-state index is 13.6. The monoisotopic (exact) mass is 342 g/mol. The summed E-state index contributed by atoms with van der Waals surface area (Å²) in [5, 5.41) is 0. The highest BCUT2D eigenvalue weighted by Crippen LogP contribution is 2.22. The van der Waals surface area contributed by atoms with Crippen LogP contribution in [0.2, 0.25) is 0 Å². The Morgan fingerprint density at radius 3 is 2.83 bits per heavy atom. The number of hydrogen-bond acceptors (Lipinski definition) is 3. The fourth-order valence-corrected chi connectivity index (χ4v) is 3.30. The van der Waals surface area contributed by atoms with Gasteiger partial charge in [-0.25, -0.2) is 17.5 Å². The Bertz CT molecular complexity index is 676. The number of nitrogens with one attached hydrogen (secondary N) is 1. The van der Waals surface area contributed by atoms with Gasteiger partial charge in [0.15, 0.2) is 0 Å². The molecular formula is C16H23FN2O3S. The van der Waals surface area contributed by atoms with E-state index in [1.807, 2.05) is 6.07 Å². The van der Waals surface area contributed by atoms with Crippen molar-refractivity contribution in [3.05, 3.63) is 35.1 Å². The number of likely N-dealkylation sites (tertiary alicyclic amines) is 1. The third kappa shape index (κ3) is 5.58. The molecule has 0 radical (unpaired) electrons. The fourth-order valence-electron chi connectivity index (χ4n) is 2.82. The van der Waals surface area contributed by atoms with Crippen LogP contribution in [0.3, 0.4) is 0 Å². The molecule has 1 heterocycles. The molecule has 0 saturated carbocycles. The molecule has 1 atom stereocenters. The highest BCUT2D eigenvalue weighted by atomic mass is 32.2. The lowest BCUT2D eigenvalue weighted by Crippen LogP contribution is -2.33. The van der Waals surface area contributed by atoms with Gasteiger partial charge in [-0.3, -0.25) is 4.79 Å². The molecule has 1 unspecified atom stereocenters. The zero-order valence-electron chi connectivity index (χ0n) is 13.5. The number of benzene rings is 1. The first-order chi connectivity index (χ1) is 10.7. The summed E-state index contributed by atoms with van der Waals surface area (Å²) >= 11 is 0. The van der Waals surface area contributed by atoms with E-state index in [0.717, 1.165) is 24.7 Å². The molecule has 1 aromatic rings. The summed E-state index contributed by atoms with van der Waals surface area (Å²) in [5.41, 5.74) is 1.58. The van der Waals surface area contributed by atoms with E-state index in [-0.39, 0.29) is 24.7 Å². The first-order valence-electron chi connectivity index (χ1n) is 7.72. The first kappa shape index (κ1) is 17.9. The van der Waals surface area contributed by atoms with Crippen molar-refractivity contribution in [2.45, 2.75) is 26.2 Å². The molecule has 1 amide bonds. The number of amides is 1. The van der Waals surface area contributed by atoms with Crippen LogP contribution in [-0.2, 0) is 21.2 Å². The maximum Gasteiger partial charge on any atom is 0.223 e. The topological polar surface area (TPSA) is 66.5 Å². The molecule has 23 heavy (non-hydrogen) atoms. The Morgan fingerprint density at radius 1 is 1.43 bits per heavy atom. The summed E-state index contributed by atoms with van der Waals surface area (Å²) < 4.78 is 37.8. The zero-order valence-corrected chi connectivity index (χ0v) is 14.3. The van der Waals surface area contributed by atoms with Gasteiger partial charge in [-0.2, -0.15) is 0 Å². The van der Waals surface area contributed by atoms with E-state index < -0.39 is 10.0 Å². The van der Waals surface area contributed by atoms with Gasteiger partial charge >= 0.3 is 0 Å². The van der Waals surface area contributed by atoms with Gasteiger partial charge in [-0.15, -0.1) is 0 Å². The van der Waals surface area contributed by atoms with Crippen molar-refractivity contribution < 1.29 is 17.6 Å². The molecule has 0 aromatic heterocycles. The third-order valence-corrected chi connectivity index (χ3v) is 4.83. The van der Waals surface area contributed by atoms with Crippen LogP contribution < -0.4 is 4.72 Å². The van der Waals surface area contributed by atoms with Crippen LogP contribution in [0.15, 0.2) is 18.2 Å². The summed E-state index contributed by atoms with van der Waals surface area (Å²) in [4.78, 5) is 13.8. The van der Waals surface area contributed by atoms with E-state index in [9.17, 15) is 17.6 Å². The Labute approximate surface area is 136 Å². The lowest BCUT2D eigenvalue weighted by atomic mass is 9.98. The van der Waals surface area contributed by atoms with Crippen molar-refractivity contribution in [2.75, 3.05) is 25.9 Å². The van der Waals surface area contributed by atoms with Crippen LogP contribution >= 0.6 is 0 Å². The number of aryl methyl sites for hydroxylation is 1. The number of hydrogen-bond donors (Lipinski definition) is 1. The third-order valence-electron chi connectivity index (χ3n) is 4.10. The lowest BCUT2D eigenvalue weighted by Gasteiger charge is -2.17. The van der Waals surface area contributed by atoms with E-state index in [2.05, 4.69) is 4.72 Å². The highest BCUT2D eigenvalue weighted by molar-refractivity contribution is 7.88. The standard InChI is InChI=1S/C16H23FN2O3S/c1-12-3-4-13(10-15(12)17)9-14-6-8-19(11-14)16(20)5-7-18-23(2,21)22/h3-4,10,14,18H,5-9,11H2,1-2H3. The fraction of sp³-hybridized carbons (Fsp3) is 0.562. The van der Waals surface area contributed by atoms with Crippen LogP contribution in [0.25, 0.3) is 0 Å². The van der Waals surface area contributed by atoms with Gasteiger partial charge in [-0.05, 0) is 42.9 Å². The average Bonchev–Trinajstić information content (AvgIpc) is 2.90. The minimum absolute atomic E-state index is 0.0428. The van der Waals surface area contributed by atoms with Crippen molar-refractivity contribution >= 4 is 15.9 Å². The minimum Gasteiger partial charge on any atom is -0.342 e. The van der Waals surface area contributed by atoms with Crippen LogP contribution in [0.1, 0.15) is 24.0 Å². The quantitative estimate of drug-likeness (QED) is 0.851. The van der Waals surface area contributed by atoms with E-state index in [4.69, 9.17) is 0 Å². The largest absolute Gasteiger partial charge is 0.342 e. The molecule has 7 heteroatoms. The SMILES string of the molecule is Cc1ccc(CC2CCN(C(=O)CCNS(C)(=O)=O)C2)cc1F. The molecule has 1 fully saturated rings. The summed E-state index contributed by atoms with van der Waals surface area (Å²) in [6.07, 6.45) is 2.88. The van der Waals surface area contributed by atoms with Crippen molar-refractivity contribution in [3.63, 3.8) is 0 Å². The molecule has 1 N–H and O–H groups in total. The normalized spacial score (nSPS) is 18.4. The van der Waals surface area contributed by atoms with Crippen molar-refractivity contribution in [2.24, 2.45) is 5.92 Å². The first-order valence-corrected chi connectivity index (χ1v) is 9.61. The summed E-state index contributed by atoms with van der Waals surface area (Å²) in [5.74, 6) is 0.0861. The second-order valence-corrected chi connectivity index (χ2v) is 8.03. The molecule has 5 nitrogen and oxygen atoms in total. The molecule has 128 valence electrons. The van der Waals surface area contributed by atoms with Gasteiger partial charge in [0.1, 0.15) is 5.82 Å². The van der Waals surface area contributed by atoms with Gasteiger partial charge < -0.3 is 4.90 Å². The Kier molecular flexibility index (Phi) is 5.75. The van der Waals surface area contributed by atoms with Crippen molar-refractivity contribution in [1.29, 1.82) is 0 Å². The minimum atomic E-state index is -3.26. The number of carbonyl (C=O) groups is 1. The van der Waals surface area contributed by atoms with E-state index >= 15 is 0 Å². The molecular weight excluding hydrogens is 319 g/mol. The number of halogens is 1. The predicted octanol–water partition coefficient (Wildman–Crippen LogP) is 1.46. The summed E-state index contributed by atoms with van der Waals surface area (Å²) in [6, 6.07) is 5.27. The molecule has 1 aliphatic rings. The molecule has 0 bridgehead atoms. The Hall–Kier alpha value is -1.47. The van der Waals surface area contributed by atoms with Crippen LogP contribution in [0.5, 0.6) is 0 Å². The van der Waals surface area contributed by atoms with E-state index in [1.54, 1.807) is 24.0 Å². The summed E-state index contributed by atoms with van der Waals surface area (Å²) in [6.45, 7) is 3.19. The molecule has 1 aromatic carbocycles. The Balaban J connectivity index is 1.81.